The fourth-order valence-electron chi connectivity index (χ4n) is 2.40. The maximum absolute atomic E-state index is 5.95. The molecule has 1 aromatic rings. The number of halogens is 1. The molecule has 0 saturated heterocycles. The molecule has 0 bridgehead atoms. The first-order valence-corrected chi connectivity index (χ1v) is 6.04. The molecule has 0 aliphatic heterocycles. The van der Waals surface area contributed by atoms with E-state index in [0.717, 1.165) is 17.4 Å². The van der Waals surface area contributed by atoms with Crippen molar-refractivity contribution < 1.29 is 0 Å². The molecule has 0 radical (unpaired) electrons. The predicted molar refractivity (Wildman–Crippen MR) is 62.2 cm³/mol. The van der Waals surface area contributed by atoms with E-state index in [0.29, 0.717) is 11.1 Å². The molecule has 0 N–H and O–H groups in total. The van der Waals surface area contributed by atoms with Gasteiger partial charge in [0.1, 0.15) is 11.0 Å². The van der Waals surface area contributed by atoms with Crippen molar-refractivity contribution in [1.29, 1.82) is 0 Å². The Morgan fingerprint density at radius 1 is 1.33 bits per heavy atom. The largest absolute Gasteiger partial charge is 0.238 e. The minimum absolute atomic E-state index is 0.520. The van der Waals surface area contributed by atoms with Crippen molar-refractivity contribution in [2.75, 3.05) is 0 Å². The molecule has 15 heavy (non-hydrogen) atoms. The zero-order chi connectivity index (χ0) is 10.8. The third-order valence-electron chi connectivity index (χ3n) is 3.14. The lowest BCUT2D eigenvalue weighted by Crippen LogP contribution is -2.14. The minimum atomic E-state index is 0.520. The topological polar surface area (TPSA) is 25.8 Å². The van der Waals surface area contributed by atoms with Crippen molar-refractivity contribution in [3.8, 4) is 0 Å². The van der Waals surface area contributed by atoms with E-state index < -0.39 is 0 Å². The summed E-state index contributed by atoms with van der Waals surface area (Å²) < 4.78 is 0. The van der Waals surface area contributed by atoms with Crippen LogP contribution in [0.15, 0.2) is 6.07 Å². The second kappa shape index (κ2) is 4.48. The van der Waals surface area contributed by atoms with Crippen LogP contribution in [0.3, 0.4) is 0 Å². The third kappa shape index (κ3) is 2.69. The first-order chi connectivity index (χ1) is 7.15. The summed E-state index contributed by atoms with van der Waals surface area (Å²) in [6.07, 6.45) is 5.06. The summed E-state index contributed by atoms with van der Waals surface area (Å²) in [7, 11) is 0. The third-order valence-corrected chi connectivity index (χ3v) is 3.34. The van der Waals surface area contributed by atoms with Gasteiger partial charge in [0.25, 0.3) is 0 Å². The molecule has 1 fully saturated rings. The molecule has 0 spiro atoms. The molecule has 1 saturated carbocycles. The highest BCUT2D eigenvalue weighted by Crippen LogP contribution is 2.34. The van der Waals surface area contributed by atoms with Crippen LogP contribution in [-0.4, -0.2) is 9.97 Å². The monoisotopic (exact) mass is 224 g/mol. The van der Waals surface area contributed by atoms with Crippen LogP contribution in [0.5, 0.6) is 0 Å². The van der Waals surface area contributed by atoms with Crippen molar-refractivity contribution in [3.63, 3.8) is 0 Å². The molecule has 2 rings (SSSR count). The summed E-state index contributed by atoms with van der Waals surface area (Å²) in [5.41, 5.74) is 0.975. The molecule has 1 aliphatic carbocycles. The van der Waals surface area contributed by atoms with Crippen molar-refractivity contribution in [2.24, 2.45) is 5.92 Å². The summed E-state index contributed by atoms with van der Waals surface area (Å²) in [6, 6.07) is 1.82. The average Bonchev–Trinajstić information content (AvgIpc) is 2.16. The van der Waals surface area contributed by atoms with Crippen LogP contribution in [-0.2, 0) is 0 Å². The van der Waals surface area contributed by atoms with Crippen molar-refractivity contribution >= 4 is 11.6 Å². The fraction of sp³-hybridized carbons (Fsp3) is 0.667. The van der Waals surface area contributed by atoms with Gasteiger partial charge in [0, 0.05) is 11.6 Å². The van der Waals surface area contributed by atoms with E-state index in [1.165, 1.54) is 25.7 Å². The molecule has 1 heterocycles. The van der Waals surface area contributed by atoms with E-state index in [4.69, 9.17) is 11.6 Å². The molecule has 0 aromatic carbocycles. The van der Waals surface area contributed by atoms with Crippen molar-refractivity contribution in [2.45, 2.75) is 45.4 Å². The number of hydrogen-bond donors (Lipinski definition) is 0. The molecule has 82 valence electrons. The quantitative estimate of drug-likeness (QED) is 0.680. The Hall–Kier alpha value is -0.630. The van der Waals surface area contributed by atoms with Crippen LogP contribution >= 0.6 is 11.6 Å². The maximum atomic E-state index is 5.95. The zero-order valence-corrected chi connectivity index (χ0v) is 10.1. The van der Waals surface area contributed by atoms with Crippen LogP contribution in [0.25, 0.3) is 0 Å². The number of nitrogens with zero attached hydrogens (tertiary/aromatic N) is 2. The lowest BCUT2D eigenvalue weighted by atomic mass is 9.82. The van der Waals surface area contributed by atoms with E-state index in [1.807, 2.05) is 13.0 Å². The van der Waals surface area contributed by atoms with Crippen LogP contribution in [0.4, 0.5) is 0 Å². The lowest BCUT2D eigenvalue weighted by Gasteiger charge is -2.25. The van der Waals surface area contributed by atoms with Gasteiger partial charge in [-0.25, -0.2) is 9.97 Å². The molecule has 1 aromatic heterocycles. The highest BCUT2D eigenvalue weighted by Gasteiger charge is 2.22. The number of rotatable bonds is 1. The Bertz CT molecular complexity index is 331. The Kier molecular flexibility index (Phi) is 3.25. The molecule has 0 amide bonds. The molecule has 3 heteroatoms. The molecule has 2 unspecified atom stereocenters. The van der Waals surface area contributed by atoms with Gasteiger partial charge in [-0.3, -0.25) is 0 Å². The van der Waals surface area contributed by atoms with Gasteiger partial charge >= 0.3 is 0 Å². The van der Waals surface area contributed by atoms with Gasteiger partial charge in [0.05, 0.1) is 0 Å². The number of aromatic nitrogens is 2. The van der Waals surface area contributed by atoms with Gasteiger partial charge < -0.3 is 0 Å². The summed E-state index contributed by atoms with van der Waals surface area (Å²) in [5.74, 6) is 2.27. The molecular weight excluding hydrogens is 208 g/mol. The van der Waals surface area contributed by atoms with Gasteiger partial charge in [0.2, 0.25) is 0 Å². The molecule has 2 atom stereocenters. The SMILES string of the molecule is Cc1cc(Cl)nc(C2CCCC(C)C2)n1. The van der Waals surface area contributed by atoms with Gasteiger partial charge in [-0.15, -0.1) is 0 Å². The van der Waals surface area contributed by atoms with E-state index in [1.54, 1.807) is 0 Å². The van der Waals surface area contributed by atoms with Crippen molar-refractivity contribution in [1.82, 2.24) is 9.97 Å². The highest BCUT2D eigenvalue weighted by molar-refractivity contribution is 6.29. The smallest absolute Gasteiger partial charge is 0.133 e. The van der Waals surface area contributed by atoms with Crippen LogP contribution in [0.2, 0.25) is 5.15 Å². The zero-order valence-electron chi connectivity index (χ0n) is 9.33. The lowest BCUT2D eigenvalue weighted by molar-refractivity contribution is 0.335. The second-order valence-electron chi connectivity index (χ2n) is 4.66. The molecular formula is C12H17ClN2. The summed E-state index contributed by atoms with van der Waals surface area (Å²) >= 11 is 5.95. The van der Waals surface area contributed by atoms with E-state index >= 15 is 0 Å². The first-order valence-electron chi connectivity index (χ1n) is 5.66. The fourth-order valence-corrected chi connectivity index (χ4v) is 2.65. The van der Waals surface area contributed by atoms with Crippen LogP contribution in [0, 0.1) is 12.8 Å². The number of hydrogen-bond acceptors (Lipinski definition) is 2. The van der Waals surface area contributed by atoms with Crippen LogP contribution in [0.1, 0.15) is 50.0 Å². The Labute approximate surface area is 96.1 Å². The maximum Gasteiger partial charge on any atom is 0.133 e. The summed E-state index contributed by atoms with van der Waals surface area (Å²) in [4.78, 5) is 8.84. The van der Waals surface area contributed by atoms with Crippen molar-refractivity contribution in [3.05, 3.63) is 22.7 Å². The van der Waals surface area contributed by atoms with E-state index in [-0.39, 0.29) is 0 Å². The van der Waals surface area contributed by atoms with E-state index in [2.05, 4.69) is 16.9 Å². The standard InChI is InChI=1S/C12H17ClN2/c1-8-4-3-5-10(6-8)12-14-9(2)7-11(13)15-12/h7-8,10H,3-6H2,1-2H3. The average molecular weight is 225 g/mol. The van der Waals surface area contributed by atoms with Crippen LogP contribution < -0.4 is 0 Å². The Morgan fingerprint density at radius 2 is 2.13 bits per heavy atom. The van der Waals surface area contributed by atoms with Gasteiger partial charge in [0.15, 0.2) is 0 Å². The number of aryl methyl sites for hydroxylation is 1. The van der Waals surface area contributed by atoms with Gasteiger partial charge in [-0.2, -0.15) is 0 Å². The Morgan fingerprint density at radius 3 is 2.80 bits per heavy atom. The molecule has 2 nitrogen and oxygen atoms in total. The van der Waals surface area contributed by atoms with E-state index in [9.17, 15) is 0 Å². The minimum Gasteiger partial charge on any atom is -0.238 e. The highest BCUT2D eigenvalue weighted by atomic mass is 35.5. The predicted octanol–water partition coefficient (Wildman–Crippen LogP) is 3.73. The summed E-state index contributed by atoms with van der Waals surface area (Å²) in [5, 5.41) is 0.579. The summed E-state index contributed by atoms with van der Waals surface area (Å²) in [6.45, 7) is 4.28. The van der Waals surface area contributed by atoms with Gasteiger partial charge in [-0.05, 0) is 31.7 Å². The molecule has 1 aliphatic rings. The van der Waals surface area contributed by atoms with Gasteiger partial charge in [-0.1, -0.05) is 31.4 Å². The normalized spacial score (nSPS) is 26.6. The first kappa shape index (κ1) is 10.9. The second-order valence-corrected chi connectivity index (χ2v) is 5.05. The Balaban J connectivity index is 2.20.